The summed E-state index contributed by atoms with van der Waals surface area (Å²) in [6, 6.07) is -14.0. The lowest BCUT2D eigenvalue weighted by atomic mass is 9.91. The van der Waals surface area contributed by atoms with Crippen molar-refractivity contribution in [1.29, 1.82) is 0 Å². The second-order valence-corrected chi connectivity index (χ2v) is 28.3. The second-order valence-electron chi connectivity index (χ2n) is 28.3. The lowest BCUT2D eigenvalue weighted by molar-refractivity contribution is -0.157. The molecule has 26 nitrogen and oxygen atoms in total. The van der Waals surface area contributed by atoms with E-state index in [2.05, 4.69) is 26.2 Å². The Kier molecular flexibility index (Phi) is 34.9. The molecule has 2 fully saturated rings. The maximum Gasteiger partial charge on any atom is 0.246 e. The maximum atomic E-state index is 15.3. The van der Waals surface area contributed by atoms with Crippen molar-refractivity contribution in [2.45, 2.75) is 222 Å². The molecular formula is C68H122N12O14. The Labute approximate surface area is 562 Å². The van der Waals surface area contributed by atoms with E-state index in [1.54, 1.807) is 61.5 Å². The van der Waals surface area contributed by atoms with Crippen molar-refractivity contribution in [2.75, 3.05) is 95.4 Å². The Hall–Kier alpha value is -6.25. The lowest BCUT2D eigenvalue weighted by Crippen LogP contribution is -2.64. The Morgan fingerprint density at radius 1 is 0.511 bits per heavy atom. The van der Waals surface area contributed by atoms with Crippen LogP contribution in [0.5, 0.6) is 0 Å². The monoisotopic (exact) mass is 1330 g/mol. The standard InChI is InChI=1S/C68H122N12O14/c1-25-27-28-44(13)57(81)56-61(85)71-49(26-2)64(88)73(18)48(17)63(87)78(23)55(45(14)38-94-34-31-80-29-32-93-33-30-80)60(84)72-53(42(9)10)67(91)74(19)50(35-39(3)4)59(83)69-46(15)58(82)70-47(16)62(86)75(20)51(36-40(5)6)65(89)76(21)52(37-41(7)8)66(90)77(22)54(43(11)12)68(92)79(56)24/h25,27,39-57,81H,26,28-38H2,1-24H3,(H,69,83)(H,70,82)(H,71,85)(H,72,84)/b27-25+/t44-,45-,46+,47-,48-,49+,50+,51+,52+,53?,54?,55+,56+,57-/m1/s1. The van der Waals surface area contributed by atoms with E-state index < -0.39 is 161 Å². The summed E-state index contributed by atoms with van der Waals surface area (Å²) in [5.74, 6) is -10.7. The van der Waals surface area contributed by atoms with Gasteiger partial charge in [0.1, 0.15) is 66.5 Å². The largest absolute Gasteiger partial charge is 0.390 e. The van der Waals surface area contributed by atoms with E-state index in [9.17, 15) is 33.9 Å². The van der Waals surface area contributed by atoms with E-state index >= 15 is 24.0 Å². The van der Waals surface area contributed by atoms with Gasteiger partial charge in [0.25, 0.3) is 0 Å². The average Bonchev–Trinajstić information content (AvgIpc) is 0.969. The van der Waals surface area contributed by atoms with Crippen molar-refractivity contribution in [3.05, 3.63) is 12.2 Å². The zero-order valence-electron chi connectivity index (χ0n) is 61.4. The molecule has 0 radical (unpaired) electrons. The van der Waals surface area contributed by atoms with Gasteiger partial charge in [-0.1, -0.05) is 102 Å². The molecule has 2 unspecified atom stereocenters. The van der Waals surface area contributed by atoms with Gasteiger partial charge in [-0.15, -0.1) is 0 Å². The third-order valence-corrected chi connectivity index (χ3v) is 18.4. The number of hydrogen-bond acceptors (Lipinski definition) is 15. The third kappa shape index (κ3) is 23.3. The van der Waals surface area contributed by atoms with Crippen molar-refractivity contribution in [2.24, 2.45) is 41.4 Å². The van der Waals surface area contributed by atoms with Gasteiger partial charge < -0.3 is 70.1 Å². The number of aliphatic hydroxyl groups is 1. The Morgan fingerprint density at radius 2 is 0.979 bits per heavy atom. The van der Waals surface area contributed by atoms with Crippen LogP contribution in [0.4, 0.5) is 0 Å². The number of amides is 11. The average molecular weight is 1330 g/mol. The highest BCUT2D eigenvalue weighted by molar-refractivity contribution is 6.00. The van der Waals surface area contributed by atoms with Gasteiger partial charge in [0.2, 0.25) is 65.0 Å². The van der Waals surface area contributed by atoms with Crippen molar-refractivity contribution in [3.8, 4) is 0 Å². The van der Waals surface area contributed by atoms with Gasteiger partial charge in [0, 0.05) is 74.9 Å². The minimum atomic E-state index is -1.64. The van der Waals surface area contributed by atoms with Crippen LogP contribution in [0, 0.1) is 41.4 Å². The summed E-state index contributed by atoms with van der Waals surface area (Å²) in [7, 11) is 9.93. The molecule has 0 aromatic rings. The van der Waals surface area contributed by atoms with Gasteiger partial charge in [-0.25, -0.2) is 0 Å². The minimum absolute atomic E-state index is 0.00445. The molecule has 538 valence electrons. The number of aliphatic hydroxyl groups excluding tert-OH is 1. The van der Waals surface area contributed by atoms with Crippen LogP contribution in [0.3, 0.4) is 0 Å². The molecule has 11 amide bonds. The molecule has 2 rings (SSSR count). The molecule has 0 saturated carbocycles. The molecule has 0 bridgehead atoms. The van der Waals surface area contributed by atoms with E-state index in [1.165, 1.54) is 94.6 Å². The van der Waals surface area contributed by atoms with Crippen LogP contribution in [0.15, 0.2) is 12.2 Å². The van der Waals surface area contributed by atoms with Crippen molar-refractivity contribution >= 4 is 65.0 Å². The number of nitrogens with one attached hydrogen (secondary N) is 4. The highest BCUT2D eigenvalue weighted by atomic mass is 16.5. The Bertz CT molecular complexity index is 2560. The molecule has 94 heavy (non-hydrogen) atoms. The number of likely N-dealkylation sites (N-methyl/N-ethyl adjacent to an activating group) is 7. The van der Waals surface area contributed by atoms with Crippen molar-refractivity contribution in [1.82, 2.24) is 60.5 Å². The van der Waals surface area contributed by atoms with Gasteiger partial charge >= 0.3 is 0 Å². The fourth-order valence-electron chi connectivity index (χ4n) is 12.2. The molecule has 2 saturated heterocycles. The first-order valence-corrected chi connectivity index (χ1v) is 34.0. The number of carbonyl (C=O) groups excluding carboxylic acids is 11. The summed E-state index contributed by atoms with van der Waals surface area (Å²) in [5.41, 5.74) is 0. The normalized spacial score (nSPS) is 27.7. The molecule has 2 aliphatic rings. The van der Waals surface area contributed by atoms with E-state index in [4.69, 9.17) is 9.47 Å². The number of morpholine rings is 1. The molecule has 0 aromatic heterocycles. The first-order valence-electron chi connectivity index (χ1n) is 34.0. The molecule has 0 spiro atoms. The van der Waals surface area contributed by atoms with Gasteiger partial charge in [0.05, 0.1) is 32.5 Å². The van der Waals surface area contributed by atoms with Gasteiger partial charge in [0.15, 0.2) is 0 Å². The number of nitrogens with zero attached hydrogens (tertiary/aromatic N) is 8. The molecular weight excluding hydrogens is 1210 g/mol. The highest BCUT2D eigenvalue weighted by Crippen LogP contribution is 2.26. The molecule has 2 aliphatic heterocycles. The first kappa shape index (κ1) is 83.8. The first-order chi connectivity index (χ1) is 43.7. The predicted octanol–water partition coefficient (Wildman–Crippen LogP) is 2.60. The lowest BCUT2D eigenvalue weighted by Gasteiger charge is -2.41. The number of hydrogen-bond donors (Lipinski definition) is 5. The third-order valence-electron chi connectivity index (χ3n) is 18.4. The zero-order chi connectivity index (χ0) is 72.1. The minimum Gasteiger partial charge on any atom is -0.390 e. The van der Waals surface area contributed by atoms with Crippen LogP contribution >= 0.6 is 0 Å². The fourth-order valence-corrected chi connectivity index (χ4v) is 12.2. The summed E-state index contributed by atoms with van der Waals surface area (Å²) in [6.07, 6.45) is 2.78. The fraction of sp³-hybridized carbons (Fsp3) is 0.809. The summed E-state index contributed by atoms with van der Waals surface area (Å²) in [6.45, 7) is 32.8. The summed E-state index contributed by atoms with van der Waals surface area (Å²) in [5, 5.41) is 23.3. The number of ether oxygens (including phenoxy) is 2. The zero-order valence-corrected chi connectivity index (χ0v) is 61.4. The molecule has 0 aromatic carbocycles. The van der Waals surface area contributed by atoms with E-state index in [-0.39, 0.29) is 50.0 Å². The molecule has 5 N–H and O–H groups in total. The van der Waals surface area contributed by atoms with Crippen LogP contribution < -0.4 is 21.3 Å². The number of carbonyl (C=O) groups is 11. The topological polar surface area (TPSA) is 300 Å². The smallest absolute Gasteiger partial charge is 0.246 e. The predicted molar refractivity (Wildman–Crippen MR) is 361 cm³/mol. The molecule has 14 atom stereocenters. The Morgan fingerprint density at radius 3 is 1.48 bits per heavy atom. The van der Waals surface area contributed by atoms with Crippen LogP contribution in [0.2, 0.25) is 0 Å². The second kappa shape index (κ2) is 39.1. The summed E-state index contributed by atoms with van der Waals surface area (Å²) in [4.78, 5) is 174. The van der Waals surface area contributed by atoms with Gasteiger partial charge in [-0.2, -0.15) is 0 Å². The quantitative estimate of drug-likeness (QED) is 0.0918. The van der Waals surface area contributed by atoms with Gasteiger partial charge in [-0.3, -0.25) is 57.6 Å². The molecule has 0 aliphatic carbocycles. The number of allylic oxidation sites excluding steroid dienone is 2. The number of rotatable bonds is 19. The van der Waals surface area contributed by atoms with Crippen LogP contribution in [0.1, 0.15) is 150 Å². The van der Waals surface area contributed by atoms with E-state index in [1.807, 2.05) is 47.6 Å². The van der Waals surface area contributed by atoms with E-state index in [0.29, 0.717) is 32.8 Å². The van der Waals surface area contributed by atoms with E-state index in [0.717, 1.165) is 22.9 Å². The summed E-state index contributed by atoms with van der Waals surface area (Å²) < 4.78 is 11.7. The van der Waals surface area contributed by atoms with Crippen LogP contribution in [0.25, 0.3) is 0 Å². The van der Waals surface area contributed by atoms with Crippen molar-refractivity contribution in [3.63, 3.8) is 0 Å². The Balaban J connectivity index is 3.02. The van der Waals surface area contributed by atoms with Gasteiger partial charge in [-0.05, 0) is 95.3 Å². The maximum absolute atomic E-state index is 15.3. The summed E-state index contributed by atoms with van der Waals surface area (Å²) >= 11 is 0. The highest BCUT2D eigenvalue weighted by Gasteiger charge is 2.46. The molecule has 2 heterocycles. The van der Waals surface area contributed by atoms with Crippen molar-refractivity contribution < 1.29 is 67.3 Å². The van der Waals surface area contributed by atoms with Crippen LogP contribution in [-0.4, -0.2) is 277 Å². The SMILES string of the molecule is C/C=C/C[C@@H](C)[C@@H](O)[C@H]1C(=O)N[C@@H](CC)C(=O)N(C)[C@H](C)C(=O)N(C)[C@@H]([C@H](C)COCCN2CCOCC2)C(=O)NC(C(C)C)C(=O)N(C)[C@@H](CC(C)C)C(=O)N[C@@H](C)C(=O)N[C@H](C)C(=O)N(C)[C@@H](CC(C)C)C(=O)N(C)[C@@H](CC(C)C)C(=O)N(C)C(C(C)C)C(=O)N1C. The van der Waals surface area contributed by atoms with Crippen LogP contribution in [-0.2, 0) is 62.2 Å². The molecule has 26 heteroatoms.